The van der Waals surface area contributed by atoms with Crippen molar-refractivity contribution in [2.24, 2.45) is 5.16 Å². The van der Waals surface area contributed by atoms with E-state index in [1.165, 1.54) is 0 Å². The monoisotopic (exact) mass is 292 g/mol. The summed E-state index contributed by atoms with van der Waals surface area (Å²) in [5.74, 6) is 0.984. The van der Waals surface area contributed by atoms with Crippen molar-refractivity contribution < 1.29 is 19.5 Å². The van der Waals surface area contributed by atoms with Crippen LogP contribution in [-0.2, 0) is 4.79 Å². The number of rotatable bonds is 5. The van der Waals surface area contributed by atoms with Crippen LogP contribution in [0.3, 0.4) is 0 Å². The van der Waals surface area contributed by atoms with Gasteiger partial charge in [-0.1, -0.05) is 12.1 Å². The van der Waals surface area contributed by atoms with Gasteiger partial charge >= 0.3 is 0 Å². The van der Waals surface area contributed by atoms with E-state index in [1.807, 2.05) is 13.8 Å². The molecule has 114 valence electrons. The van der Waals surface area contributed by atoms with Gasteiger partial charge < -0.3 is 20.0 Å². The Balaban J connectivity index is 2.02. The van der Waals surface area contributed by atoms with Crippen molar-refractivity contribution in [3.8, 4) is 11.5 Å². The number of carbonyl (C=O) groups excluding carboxylic acids is 1. The zero-order valence-corrected chi connectivity index (χ0v) is 12.4. The smallest absolute Gasteiger partial charge is 0.260 e. The first-order chi connectivity index (χ1) is 10.0. The lowest BCUT2D eigenvalue weighted by molar-refractivity contribution is -0.127. The molecular weight excluding hydrogens is 272 g/mol. The maximum atomic E-state index is 11.9. The summed E-state index contributed by atoms with van der Waals surface area (Å²) in [5.41, 5.74) is 1.22. The first kappa shape index (κ1) is 15.2. The van der Waals surface area contributed by atoms with Crippen LogP contribution < -0.4 is 14.8 Å². The summed E-state index contributed by atoms with van der Waals surface area (Å²) in [6.07, 6.45) is 0.276. The first-order valence-corrected chi connectivity index (χ1v) is 7.00. The highest BCUT2D eigenvalue weighted by atomic mass is 16.5. The SMILES string of the molecule is CCC(C)NC(=O)C(C)Oc1ccc2c(c1)OCC2=NO. The van der Waals surface area contributed by atoms with Crippen molar-refractivity contribution >= 4 is 11.6 Å². The Morgan fingerprint density at radius 3 is 2.95 bits per heavy atom. The van der Waals surface area contributed by atoms with E-state index in [4.69, 9.17) is 14.7 Å². The van der Waals surface area contributed by atoms with Gasteiger partial charge in [-0.3, -0.25) is 4.79 Å². The van der Waals surface area contributed by atoms with Crippen LogP contribution >= 0.6 is 0 Å². The molecular formula is C15H20N2O4. The molecule has 2 N–H and O–H groups in total. The zero-order valence-electron chi connectivity index (χ0n) is 12.4. The lowest BCUT2D eigenvalue weighted by Crippen LogP contribution is -2.40. The summed E-state index contributed by atoms with van der Waals surface area (Å²) in [6.45, 7) is 5.89. The summed E-state index contributed by atoms with van der Waals surface area (Å²) >= 11 is 0. The highest BCUT2D eigenvalue weighted by Gasteiger charge is 2.22. The molecule has 0 aromatic heterocycles. The molecule has 6 nitrogen and oxygen atoms in total. The fourth-order valence-electron chi connectivity index (χ4n) is 1.96. The van der Waals surface area contributed by atoms with Crippen molar-refractivity contribution in [2.75, 3.05) is 6.61 Å². The molecule has 2 atom stereocenters. The molecule has 1 aliphatic rings. The minimum atomic E-state index is -0.593. The molecule has 0 aliphatic carbocycles. The molecule has 0 spiro atoms. The molecule has 0 bridgehead atoms. The standard InChI is InChI=1S/C15H20N2O4/c1-4-9(2)16-15(18)10(3)21-11-5-6-12-13(17-19)8-20-14(12)7-11/h5-7,9-10,19H,4,8H2,1-3H3,(H,16,18). The van der Waals surface area contributed by atoms with Gasteiger partial charge in [-0.2, -0.15) is 0 Å². The molecule has 1 aromatic carbocycles. The largest absolute Gasteiger partial charge is 0.486 e. The average molecular weight is 292 g/mol. The number of fused-ring (bicyclic) bond motifs is 1. The maximum Gasteiger partial charge on any atom is 0.260 e. The average Bonchev–Trinajstić information content (AvgIpc) is 2.89. The fraction of sp³-hybridized carbons (Fsp3) is 0.467. The van der Waals surface area contributed by atoms with Crippen molar-refractivity contribution in [3.63, 3.8) is 0 Å². The molecule has 0 fully saturated rings. The molecule has 2 rings (SSSR count). The molecule has 0 radical (unpaired) electrons. The highest BCUT2D eigenvalue weighted by molar-refractivity contribution is 6.06. The van der Waals surface area contributed by atoms with Gasteiger partial charge in [-0.25, -0.2) is 0 Å². The molecule has 1 amide bonds. The number of benzene rings is 1. The normalized spacial score (nSPS) is 17.8. The van der Waals surface area contributed by atoms with Gasteiger partial charge in [0.25, 0.3) is 5.91 Å². The third-order valence-corrected chi connectivity index (χ3v) is 3.43. The Morgan fingerprint density at radius 2 is 2.29 bits per heavy atom. The Hall–Kier alpha value is -2.24. The van der Waals surface area contributed by atoms with Crippen molar-refractivity contribution in [1.29, 1.82) is 0 Å². The number of amides is 1. The second kappa shape index (κ2) is 6.47. The Labute approximate surface area is 123 Å². The van der Waals surface area contributed by atoms with E-state index in [-0.39, 0.29) is 18.6 Å². The van der Waals surface area contributed by atoms with Gasteiger partial charge in [0.05, 0.1) is 0 Å². The van der Waals surface area contributed by atoms with E-state index in [1.54, 1.807) is 25.1 Å². The van der Waals surface area contributed by atoms with E-state index < -0.39 is 6.10 Å². The van der Waals surface area contributed by atoms with Crippen molar-refractivity contribution in [3.05, 3.63) is 23.8 Å². The number of oxime groups is 1. The van der Waals surface area contributed by atoms with Crippen LogP contribution in [-0.4, -0.2) is 35.6 Å². The zero-order chi connectivity index (χ0) is 15.4. The Kier molecular flexibility index (Phi) is 4.67. The highest BCUT2D eigenvalue weighted by Crippen LogP contribution is 2.30. The number of ether oxygens (including phenoxy) is 2. The fourth-order valence-corrected chi connectivity index (χ4v) is 1.96. The van der Waals surface area contributed by atoms with Crippen LogP contribution in [0.5, 0.6) is 11.5 Å². The number of nitrogens with zero attached hydrogens (tertiary/aromatic N) is 1. The number of hydrogen-bond acceptors (Lipinski definition) is 5. The van der Waals surface area contributed by atoms with E-state index in [9.17, 15) is 4.79 Å². The third kappa shape index (κ3) is 3.45. The van der Waals surface area contributed by atoms with E-state index in [0.717, 1.165) is 12.0 Å². The maximum absolute atomic E-state index is 11.9. The van der Waals surface area contributed by atoms with Crippen LogP contribution in [0, 0.1) is 0 Å². The van der Waals surface area contributed by atoms with E-state index in [0.29, 0.717) is 17.2 Å². The molecule has 6 heteroatoms. The Bertz CT molecular complexity index is 557. The topological polar surface area (TPSA) is 80.2 Å². The number of carbonyl (C=O) groups is 1. The first-order valence-electron chi connectivity index (χ1n) is 7.00. The van der Waals surface area contributed by atoms with Crippen molar-refractivity contribution in [1.82, 2.24) is 5.32 Å². The van der Waals surface area contributed by atoms with Gasteiger partial charge in [0.15, 0.2) is 6.10 Å². The predicted octanol–water partition coefficient (Wildman–Crippen LogP) is 1.94. The molecule has 1 aliphatic heterocycles. The van der Waals surface area contributed by atoms with E-state index in [2.05, 4.69) is 10.5 Å². The summed E-state index contributed by atoms with van der Waals surface area (Å²) in [6, 6.07) is 5.30. The van der Waals surface area contributed by atoms with Gasteiger partial charge in [0, 0.05) is 17.7 Å². The molecule has 1 heterocycles. The predicted molar refractivity (Wildman–Crippen MR) is 78.2 cm³/mol. The Morgan fingerprint density at radius 1 is 1.52 bits per heavy atom. The van der Waals surface area contributed by atoms with Crippen LogP contribution in [0.1, 0.15) is 32.8 Å². The lowest BCUT2D eigenvalue weighted by Gasteiger charge is -2.18. The number of nitrogens with one attached hydrogen (secondary N) is 1. The summed E-state index contributed by atoms with van der Waals surface area (Å²) in [4.78, 5) is 11.9. The van der Waals surface area contributed by atoms with Gasteiger partial charge in [-0.05, 0) is 32.4 Å². The lowest BCUT2D eigenvalue weighted by atomic mass is 10.1. The third-order valence-electron chi connectivity index (χ3n) is 3.43. The molecule has 2 unspecified atom stereocenters. The minimum Gasteiger partial charge on any atom is -0.486 e. The summed E-state index contributed by atoms with van der Waals surface area (Å²) in [5, 5.41) is 14.9. The van der Waals surface area contributed by atoms with Crippen LogP contribution in [0.25, 0.3) is 0 Å². The van der Waals surface area contributed by atoms with Crippen LogP contribution in [0.2, 0.25) is 0 Å². The van der Waals surface area contributed by atoms with Crippen LogP contribution in [0.15, 0.2) is 23.4 Å². The molecule has 0 saturated heterocycles. The van der Waals surface area contributed by atoms with E-state index >= 15 is 0 Å². The molecule has 1 aromatic rings. The summed E-state index contributed by atoms with van der Waals surface area (Å²) < 4.78 is 11.0. The number of hydrogen-bond donors (Lipinski definition) is 2. The van der Waals surface area contributed by atoms with Crippen LogP contribution in [0.4, 0.5) is 0 Å². The van der Waals surface area contributed by atoms with Gasteiger partial charge in [0.2, 0.25) is 0 Å². The van der Waals surface area contributed by atoms with Gasteiger partial charge in [-0.15, -0.1) is 0 Å². The van der Waals surface area contributed by atoms with Crippen molar-refractivity contribution in [2.45, 2.75) is 39.3 Å². The quantitative estimate of drug-likeness (QED) is 0.642. The second-order valence-corrected chi connectivity index (χ2v) is 5.07. The molecule has 21 heavy (non-hydrogen) atoms. The summed E-state index contributed by atoms with van der Waals surface area (Å²) in [7, 11) is 0. The minimum absolute atomic E-state index is 0.121. The molecule has 0 saturated carbocycles. The van der Waals surface area contributed by atoms with Gasteiger partial charge in [0.1, 0.15) is 23.8 Å². The second-order valence-electron chi connectivity index (χ2n) is 5.07.